The molecule has 0 saturated heterocycles. The van der Waals surface area contributed by atoms with Crippen LogP contribution in [-0.4, -0.2) is 0 Å². The molecule has 0 radical (unpaired) electrons. The number of halogens is 1. The zero-order valence-electron chi connectivity index (χ0n) is 5.14. The van der Waals surface area contributed by atoms with Gasteiger partial charge < -0.3 is 35.4 Å². The molecule has 0 amide bonds. The van der Waals surface area contributed by atoms with Gasteiger partial charge in [-0.15, -0.1) is 0 Å². The number of hydrogen-bond acceptors (Lipinski definition) is 2. The standard InChI is InChI=1S/C6H8N2.Cu.HI/c7-5-1-2-6(8)4-3-5;;/h1-4H,7-8H2;;1H/q;+1;/p-1. The van der Waals surface area contributed by atoms with Crippen LogP contribution in [0, 0.1) is 0 Å². The van der Waals surface area contributed by atoms with Crippen molar-refractivity contribution in [2.75, 3.05) is 11.5 Å². The first-order valence-electron chi connectivity index (χ1n) is 2.40. The van der Waals surface area contributed by atoms with Crippen LogP contribution >= 0.6 is 0 Å². The predicted molar refractivity (Wildman–Crippen MR) is 35.3 cm³/mol. The normalized spacial score (nSPS) is 7.20. The van der Waals surface area contributed by atoms with Gasteiger partial charge in [-0.2, -0.15) is 0 Å². The molecule has 1 aromatic carbocycles. The van der Waals surface area contributed by atoms with Gasteiger partial charge in [0.05, 0.1) is 0 Å². The van der Waals surface area contributed by atoms with Gasteiger partial charge in [0.15, 0.2) is 0 Å². The van der Waals surface area contributed by atoms with E-state index in [2.05, 4.69) is 0 Å². The third-order valence-electron chi connectivity index (χ3n) is 0.936. The van der Waals surface area contributed by atoms with E-state index in [9.17, 15) is 0 Å². The van der Waals surface area contributed by atoms with Crippen molar-refractivity contribution in [3.63, 3.8) is 0 Å². The number of hydrogen-bond donors (Lipinski definition) is 2. The van der Waals surface area contributed by atoms with E-state index in [1.165, 1.54) is 0 Å². The van der Waals surface area contributed by atoms with Gasteiger partial charge in [-0.05, 0) is 24.3 Å². The Balaban J connectivity index is 0. The van der Waals surface area contributed by atoms with Crippen molar-refractivity contribution in [1.82, 2.24) is 0 Å². The van der Waals surface area contributed by atoms with Crippen molar-refractivity contribution in [1.29, 1.82) is 0 Å². The summed E-state index contributed by atoms with van der Waals surface area (Å²) >= 11 is 0. The Morgan fingerprint density at radius 3 is 1.20 bits per heavy atom. The van der Waals surface area contributed by atoms with Gasteiger partial charge in [0.2, 0.25) is 0 Å². The van der Waals surface area contributed by atoms with E-state index in [1.54, 1.807) is 24.3 Å². The number of benzene rings is 1. The van der Waals surface area contributed by atoms with Gasteiger partial charge in [0.25, 0.3) is 0 Å². The monoisotopic (exact) mass is 298 g/mol. The van der Waals surface area contributed by atoms with E-state index in [-0.39, 0.29) is 41.0 Å². The largest absolute Gasteiger partial charge is 1.00 e. The van der Waals surface area contributed by atoms with Crippen molar-refractivity contribution in [3.05, 3.63) is 24.3 Å². The summed E-state index contributed by atoms with van der Waals surface area (Å²) in [6.07, 6.45) is 0. The quantitative estimate of drug-likeness (QED) is 0.326. The van der Waals surface area contributed by atoms with E-state index in [0.717, 1.165) is 11.4 Å². The van der Waals surface area contributed by atoms with Crippen LogP contribution in [0.2, 0.25) is 0 Å². The summed E-state index contributed by atoms with van der Waals surface area (Å²) in [5.41, 5.74) is 12.2. The maximum absolute atomic E-state index is 5.37. The molecule has 0 fully saturated rings. The first-order valence-corrected chi connectivity index (χ1v) is 2.40. The van der Waals surface area contributed by atoms with Crippen molar-refractivity contribution >= 4 is 11.4 Å². The maximum Gasteiger partial charge on any atom is 1.00 e. The zero-order valence-corrected chi connectivity index (χ0v) is 8.24. The molecule has 0 saturated carbocycles. The molecule has 10 heavy (non-hydrogen) atoms. The Hall–Kier alpha value is 0.0695. The fourth-order valence-corrected chi connectivity index (χ4v) is 0.496. The molecule has 0 atom stereocenters. The predicted octanol–water partition coefficient (Wildman–Crippen LogP) is -2.15. The fourth-order valence-electron chi connectivity index (χ4n) is 0.496. The first-order chi connectivity index (χ1) is 3.79. The van der Waals surface area contributed by atoms with Crippen LogP contribution in [0.4, 0.5) is 11.4 Å². The van der Waals surface area contributed by atoms with E-state index in [0.29, 0.717) is 0 Å². The molecule has 0 aliphatic carbocycles. The summed E-state index contributed by atoms with van der Waals surface area (Å²) in [4.78, 5) is 0. The van der Waals surface area contributed by atoms with Crippen molar-refractivity contribution in [2.45, 2.75) is 0 Å². The van der Waals surface area contributed by atoms with E-state index >= 15 is 0 Å². The summed E-state index contributed by atoms with van der Waals surface area (Å²) in [6, 6.07) is 7.09. The van der Waals surface area contributed by atoms with Crippen molar-refractivity contribution < 1.29 is 41.0 Å². The molecule has 2 nitrogen and oxygen atoms in total. The molecular formula is C6H8CuIN2. The third-order valence-corrected chi connectivity index (χ3v) is 0.936. The number of nitrogens with two attached hydrogens (primary N) is 2. The van der Waals surface area contributed by atoms with E-state index in [1.807, 2.05) is 0 Å². The summed E-state index contributed by atoms with van der Waals surface area (Å²) in [5, 5.41) is 0. The van der Waals surface area contributed by atoms with Crippen LogP contribution in [0.3, 0.4) is 0 Å². The summed E-state index contributed by atoms with van der Waals surface area (Å²) in [5.74, 6) is 0. The molecule has 0 heterocycles. The first kappa shape index (κ1) is 12.7. The molecule has 0 unspecified atom stereocenters. The second-order valence-electron chi connectivity index (χ2n) is 1.67. The average Bonchev–Trinajstić information content (AvgIpc) is 1.77. The van der Waals surface area contributed by atoms with E-state index in [4.69, 9.17) is 11.5 Å². The molecule has 4 heteroatoms. The molecule has 0 aliphatic heterocycles. The van der Waals surface area contributed by atoms with Gasteiger partial charge in [-0.25, -0.2) is 0 Å². The van der Waals surface area contributed by atoms with Gasteiger partial charge in [0, 0.05) is 11.4 Å². The maximum atomic E-state index is 5.37. The summed E-state index contributed by atoms with van der Waals surface area (Å²) < 4.78 is 0. The van der Waals surface area contributed by atoms with Gasteiger partial charge in [-0.3, -0.25) is 0 Å². The number of rotatable bonds is 0. The Morgan fingerprint density at radius 2 is 1.00 bits per heavy atom. The molecule has 0 spiro atoms. The molecule has 0 aliphatic rings. The smallest absolute Gasteiger partial charge is 1.00 e. The molecule has 0 aromatic heterocycles. The second-order valence-corrected chi connectivity index (χ2v) is 1.67. The molecule has 0 bridgehead atoms. The number of nitrogen functional groups attached to an aromatic ring is 2. The molecule has 1 aromatic rings. The Bertz CT molecular complexity index is 155. The van der Waals surface area contributed by atoms with Crippen molar-refractivity contribution in [3.8, 4) is 0 Å². The molecule has 4 N–H and O–H groups in total. The third kappa shape index (κ3) is 3.98. The van der Waals surface area contributed by atoms with Crippen LogP contribution in [0.25, 0.3) is 0 Å². The zero-order chi connectivity index (χ0) is 5.98. The van der Waals surface area contributed by atoms with Gasteiger partial charge >= 0.3 is 17.1 Å². The minimum atomic E-state index is 0. The molecule has 1 rings (SSSR count). The topological polar surface area (TPSA) is 52.0 Å². The Kier molecular flexibility index (Phi) is 7.41. The van der Waals surface area contributed by atoms with Crippen LogP contribution in [0.5, 0.6) is 0 Å². The minimum Gasteiger partial charge on any atom is -1.00 e. The minimum absolute atomic E-state index is 0. The van der Waals surface area contributed by atoms with Crippen LogP contribution in [0.1, 0.15) is 0 Å². The second kappa shape index (κ2) is 5.82. The van der Waals surface area contributed by atoms with Crippen molar-refractivity contribution in [2.24, 2.45) is 0 Å². The number of anilines is 2. The SMILES string of the molecule is Nc1ccc(N)cc1.[Cu+].[I-]. The van der Waals surface area contributed by atoms with Crippen LogP contribution < -0.4 is 35.4 Å². The Labute approximate surface area is 87.9 Å². The summed E-state index contributed by atoms with van der Waals surface area (Å²) in [7, 11) is 0. The fraction of sp³-hybridized carbons (Fsp3) is 0. The van der Waals surface area contributed by atoms with Crippen LogP contribution in [0.15, 0.2) is 24.3 Å². The molecular weight excluding hydrogens is 291 g/mol. The molecule has 60 valence electrons. The Morgan fingerprint density at radius 1 is 0.800 bits per heavy atom. The summed E-state index contributed by atoms with van der Waals surface area (Å²) in [6.45, 7) is 0. The van der Waals surface area contributed by atoms with Gasteiger partial charge in [-0.1, -0.05) is 0 Å². The van der Waals surface area contributed by atoms with E-state index < -0.39 is 0 Å². The van der Waals surface area contributed by atoms with Gasteiger partial charge in [0.1, 0.15) is 0 Å². The average molecular weight is 299 g/mol. The van der Waals surface area contributed by atoms with Crippen LogP contribution in [-0.2, 0) is 17.1 Å².